The molecule has 3 aromatic carbocycles. The Morgan fingerprint density at radius 1 is 0.800 bits per heavy atom. The van der Waals surface area contributed by atoms with Gasteiger partial charge in [-0.2, -0.15) is 0 Å². The summed E-state index contributed by atoms with van der Waals surface area (Å²) in [5.41, 5.74) is 2.51. The van der Waals surface area contributed by atoms with Gasteiger partial charge in [0.1, 0.15) is 5.92 Å². The predicted octanol–water partition coefficient (Wildman–Crippen LogP) is 6.43. The van der Waals surface area contributed by atoms with Gasteiger partial charge >= 0.3 is 0 Å². The molecule has 6 heteroatoms. The summed E-state index contributed by atoms with van der Waals surface area (Å²) in [6, 6.07) is 26.5. The molecule has 2 atom stereocenters. The first-order valence-electron chi connectivity index (χ1n) is 12.0. The number of allylic oxidation sites excluding steroid dienone is 1. The molecule has 35 heavy (non-hydrogen) atoms. The minimum atomic E-state index is -0.900. The lowest BCUT2D eigenvalue weighted by Gasteiger charge is -2.38. The van der Waals surface area contributed by atoms with Gasteiger partial charge in [0.05, 0.1) is 6.04 Å². The number of nitrogens with one attached hydrogen (secondary N) is 2. The number of nitrogens with zero attached hydrogens (tertiary/aromatic N) is 1. The minimum Gasteiger partial charge on any atom is -0.362 e. The molecule has 0 aliphatic carbocycles. The summed E-state index contributed by atoms with van der Waals surface area (Å²) in [5, 5.41) is 6.11. The van der Waals surface area contributed by atoms with Crippen LogP contribution in [0.1, 0.15) is 30.9 Å². The third-order valence-corrected chi connectivity index (χ3v) is 6.74. The molecular weight excluding hydrogens is 502 g/mol. The largest absolute Gasteiger partial charge is 0.362 e. The van der Waals surface area contributed by atoms with Crippen molar-refractivity contribution in [2.24, 2.45) is 5.92 Å². The summed E-state index contributed by atoms with van der Waals surface area (Å²) in [5.74, 6) is -1.44. The molecule has 1 aliphatic rings. The summed E-state index contributed by atoms with van der Waals surface area (Å²) in [7, 11) is 0. The van der Waals surface area contributed by atoms with E-state index >= 15 is 0 Å². The Balaban J connectivity index is 1.66. The summed E-state index contributed by atoms with van der Waals surface area (Å²) in [6.07, 6.45) is 6.38. The molecule has 1 heterocycles. The van der Waals surface area contributed by atoms with Crippen LogP contribution in [0.3, 0.4) is 0 Å². The maximum Gasteiger partial charge on any atom is 0.237 e. The fourth-order valence-corrected chi connectivity index (χ4v) is 4.76. The van der Waals surface area contributed by atoms with Gasteiger partial charge in [-0.3, -0.25) is 14.5 Å². The van der Waals surface area contributed by atoms with E-state index in [2.05, 4.69) is 31.5 Å². The highest BCUT2D eigenvalue weighted by Crippen LogP contribution is 2.34. The van der Waals surface area contributed by atoms with Crippen LogP contribution in [0, 0.1) is 5.92 Å². The highest BCUT2D eigenvalue weighted by atomic mass is 79.9. The van der Waals surface area contributed by atoms with Crippen LogP contribution in [-0.4, -0.2) is 29.7 Å². The van der Waals surface area contributed by atoms with Gasteiger partial charge < -0.3 is 10.6 Å². The summed E-state index contributed by atoms with van der Waals surface area (Å²) >= 11 is 3.51. The third kappa shape index (κ3) is 6.90. The maximum atomic E-state index is 13.7. The monoisotopic (exact) mass is 531 g/mol. The molecule has 0 radical (unpaired) electrons. The van der Waals surface area contributed by atoms with Crippen molar-refractivity contribution in [3.63, 3.8) is 0 Å². The van der Waals surface area contributed by atoms with Crippen LogP contribution in [0.2, 0.25) is 0 Å². The number of amides is 1. The summed E-state index contributed by atoms with van der Waals surface area (Å²) in [6.45, 7) is 1.71. The Morgan fingerprint density at radius 3 is 2.03 bits per heavy atom. The van der Waals surface area contributed by atoms with E-state index < -0.39 is 5.92 Å². The quantitative estimate of drug-likeness (QED) is 0.247. The van der Waals surface area contributed by atoms with E-state index in [0.717, 1.165) is 41.7 Å². The lowest BCUT2D eigenvalue weighted by Crippen LogP contribution is -2.44. The van der Waals surface area contributed by atoms with E-state index in [1.165, 1.54) is 12.5 Å². The smallest absolute Gasteiger partial charge is 0.237 e. The van der Waals surface area contributed by atoms with E-state index in [9.17, 15) is 9.59 Å². The fraction of sp³-hybridized carbons (Fsp3) is 0.241. The maximum absolute atomic E-state index is 13.7. The molecule has 3 aromatic rings. The number of carbonyl (C=O) groups is 2. The predicted molar refractivity (Wildman–Crippen MR) is 145 cm³/mol. The minimum absolute atomic E-state index is 0.236. The van der Waals surface area contributed by atoms with Gasteiger partial charge in [-0.1, -0.05) is 70.9 Å². The molecule has 0 saturated carbocycles. The molecule has 4 rings (SSSR count). The van der Waals surface area contributed by atoms with Crippen LogP contribution < -0.4 is 10.6 Å². The molecule has 0 bridgehead atoms. The standard InChI is InChI=1S/C29H30BrN3O2/c30-23-16-14-22(15-17-23)28(33-20-8-3-9-21-33)27(29(35)32-25-12-6-2-7-13-25)26(34)18-19-31-24-10-4-1-5-11-24/h1-2,4-7,10-19,27-28,31H,3,8-9,20-21H2,(H,32,35)/b19-18-. The Bertz CT molecular complexity index is 1130. The number of anilines is 2. The molecule has 5 nitrogen and oxygen atoms in total. The molecule has 180 valence electrons. The Kier molecular flexibility index (Phi) is 8.87. The first-order valence-corrected chi connectivity index (χ1v) is 12.8. The van der Waals surface area contributed by atoms with Crippen molar-refractivity contribution < 1.29 is 9.59 Å². The second kappa shape index (κ2) is 12.5. The average molecular weight is 532 g/mol. The van der Waals surface area contributed by atoms with Gasteiger partial charge in [0.2, 0.25) is 5.91 Å². The summed E-state index contributed by atoms with van der Waals surface area (Å²) < 4.78 is 0.960. The topological polar surface area (TPSA) is 61.4 Å². The van der Waals surface area contributed by atoms with E-state index in [4.69, 9.17) is 0 Å². The van der Waals surface area contributed by atoms with Crippen LogP contribution in [0.5, 0.6) is 0 Å². The highest BCUT2D eigenvalue weighted by molar-refractivity contribution is 9.10. The van der Waals surface area contributed by atoms with Gasteiger partial charge in [-0.15, -0.1) is 0 Å². The lowest BCUT2D eigenvalue weighted by molar-refractivity contribution is -0.131. The number of para-hydroxylation sites is 2. The van der Waals surface area contributed by atoms with Crippen molar-refractivity contribution in [1.82, 2.24) is 4.90 Å². The van der Waals surface area contributed by atoms with Gasteiger partial charge in [0, 0.05) is 22.0 Å². The first-order chi connectivity index (χ1) is 17.1. The SMILES string of the molecule is O=C(/C=C\Nc1ccccc1)C(C(=O)Nc1ccccc1)C(c1ccc(Br)cc1)N1CCCCC1. The number of piperidine rings is 1. The molecule has 0 aromatic heterocycles. The van der Waals surface area contributed by atoms with Gasteiger partial charge in [0.15, 0.2) is 5.78 Å². The van der Waals surface area contributed by atoms with Crippen molar-refractivity contribution in [3.8, 4) is 0 Å². The van der Waals surface area contributed by atoms with Crippen molar-refractivity contribution in [2.45, 2.75) is 25.3 Å². The van der Waals surface area contributed by atoms with Crippen LogP contribution in [0.25, 0.3) is 0 Å². The van der Waals surface area contributed by atoms with Gasteiger partial charge in [0.25, 0.3) is 0 Å². The zero-order chi connectivity index (χ0) is 24.5. The molecule has 0 spiro atoms. The fourth-order valence-electron chi connectivity index (χ4n) is 4.50. The van der Waals surface area contributed by atoms with Crippen LogP contribution in [-0.2, 0) is 9.59 Å². The van der Waals surface area contributed by atoms with Crippen molar-refractivity contribution >= 4 is 39.0 Å². The molecule has 1 fully saturated rings. The van der Waals surface area contributed by atoms with Crippen LogP contribution in [0.15, 0.2) is 102 Å². The first kappa shape index (κ1) is 24.9. The number of hydrogen-bond donors (Lipinski definition) is 2. The highest BCUT2D eigenvalue weighted by Gasteiger charge is 2.38. The molecule has 1 saturated heterocycles. The lowest BCUT2D eigenvalue weighted by atomic mass is 9.86. The molecule has 2 N–H and O–H groups in total. The van der Waals surface area contributed by atoms with Gasteiger partial charge in [-0.25, -0.2) is 0 Å². The second-order valence-corrected chi connectivity index (χ2v) is 9.59. The van der Waals surface area contributed by atoms with E-state index in [1.54, 1.807) is 6.20 Å². The number of carbonyl (C=O) groups excluding carboxylic acids is 2. The molecular formula is C29H30BrN3O2. The number of benzene rings is 3. The summed E-state index contributed by atoms with van der Waals surface area (Å²) in [4.78, 5) is 29.6. The number of hydrogen-bond acceptors (Lipinski definition) is 4. The molecule has 2 unspecified atom stereocenters. The Hall–Kier alpha value is -3.22. The zero-order valence-electron chi connectivity index (χ0n) is 19.6. The van der Waals surface area contributed by atoms with E-state index in [-0.39, 0.29) is 17.7 Å². The normalized spacial score (nSPS) is 15.9. The van der Waals surface area contributed by atoms with E-state index in [1.807, 2.05) is 84.9 Å². The van der Waals surface area contributed by atoms with Crippen molar-refractivity contribution in [1.29, 1.82) is 0 Å². The van der Waals surface area contributed by atoms with Crippen LogP contribution >= 0.6 is 15.9 Å². The van der Waals surface area contributed by atoms with E-state index in [0.29, 0.717) is 5.69 Å². The van der Waals surface area contributed by atoms with Crippen LogP contribution in [0.4, 0.5) is 11.4 Å². The molecule has 1 amide bonds. The number of ketones is 1. The zero-order valence-corrected chi connectivity index (χ0v) is 21.2. The van der Waals surface area contributed by atoms with Crippen molar-refractivity contribution in [3.05, 3.63) is 107 Å². The second-order valence-electron chi connectivity index (χ2n) is 8.67. The number of halogens is 1. The number of likely N-dealkylation sites (tertiary alicyclic amines) is 1. The number of rotatable bonds is 9. The third-order valence-electron chi connectivity index (χ3n) is 6.21. The Morgan fingerprint density at radius 2 is 1.40 bits per heavy atom. The molecule has 1 aliphatic heterocycles. The van der Waals surface area contributed by atoms with Crippen molar-refractivity contribution in [2.75, 3.05) is 23.7 Å². The van der Waals surface area contributed by atoms with Gasteiger partial charge in [-0.05, 0) is 74.0 Å². The Labute approximate surface area is 215 Å². The average Bonchev–Trinajstić information content (AvgIpc) is 2.89.